The molecular weight excluding hydrogens is 276 g/mol. The number of halogens is 1. The molecule has 1 aliphatic rings. The van der Waals surface area contributed by atoms with E-state index in [1.165, 1.54) is 11.1 Å². The van der Waals surface area contributed by atoms with Gasteiger partial charge >= 0.3 is 0 Å². The fraction of sp³-hybridized carbons (Fsp3) is 0.333. The summed E-state index contributed by atoms with van der Waals surface area (Å²) < 4.78 is 7.05. The lowest BCUT2D eigenvalue weighted by Gasteiger charge is -2.31. The van der Waals surface area contributed by atoms with Crippen LogP contribution in [0.3, 0.4) is 0 Å². The maximum absolute atomic E-state index is 5.98. The highest BCUT2D eigenvalue weighted by Gasteiger charge is 2.26. The van der Waals surface area contributed by atoms with E-state index in [0.29, 0.717) is 0 Å². The van der Waals surface area contributed by atoms with E-state index in [9.17, 15) is 0 Å². The average Bonchev–Trinajstić information content (AvgIpc) is 2.13. The van der Waals surface area contributed by atoms with Crippen LogP contribution in [0.15, 0.2) is 40.4 Å². The SMILES string of the molecule is CC(C)=CC1=CC(C)(C)Oc2cccc(Br)c21. The summed E-state index contributed by atoms with van der Waals surface area (Å²) in [5, 5.41) is 0. The number of allylic oxidation sites excluding steroid dienone is 3. The van der Waals surface area contributed by atoms with Crippen LogP contribution in [0.2, 0.25) is 0 Å². The van der Waals surface area contributed by atoms with Gasteiger partial charge in [-0.05, 0) is 51.5 Å². The van der Waals surface area contributed by atoms with E-state index in [-0.39, 0.29) is 5.60 Å². The molecular formula is C15H17BrO. The molecule has 1 aliphatic heterocycles. The minimum Gasteiger partial charge on any atom is -0.483 e. The average molecular weight is 293 g/mol. The van der Waals surface area contributed by atoms with Crippen LogP contribution in [0.5, 0.6) is 5.75 Å². The molecule has 0 saturated heterocycles. The first-order valence-corrected chi connectivity index (χ1v) is 6.54. The first-order chi connectivity index (χ1) is 7.89. The Morgan fingerprint density at radius 2 is 2.00 bits per heavy atom. The van der Waals surface area contributed by atoms with Crippen molar-refractivity contribution in [2.75, 3.05) is 0 Å². The fourth-order valence-electron chi connectivity index (χ4n) is 2.05. The zero-order chi connectivity index (χ0) is 12.6. The third-order valence-electron chi connectivity index (χ3n) is 2.58. The summed E-state index contributed by atoms with van der Waals surface area (Å²) in [6.45, 7) is 8.38. The molecule has 90 valence electrons. The van der Waals surface area contributed by atoms with Crippen LogP contribution in [-0.2, 0) is 0 Å². The third kappa shape index (κ3) is 2.63. The molecule has 1 heterocycles. The molecule has 0 radical (unpaired) electrons. The molecule has 17 heavy (non-hydrogen) atoms. The molecule has 0 spiro atoms. The second kappa shape index (κ2) is 4.34. The number of hydrogen-bond acceptors (Lipinski definition) is 1. The topological polar surface area (TPSA) is 9.23 Å². The Labute approximate surface area is 111 Å². The smallest absolute Gasteiger partial charge is 0.129 e. The van der Waals surface area contributed by atoms with Crippen LogP contribution in [0.1, 0.15) is 33.3 Å². The normalized spacial score (nSPS) is 16.6. The number of fused-ring (bicyclic) bond motifs is 1. The molecule has 0 atom stereocenters. The number of benzene rings is 1. The molecule has 0 unspecified atom stereocenters. The van der Waals surface area contributed by atoms with E-state index in [1.807, 2.05) is 18.2 Å². The lowest BCUT2D eigenvalue weighted by Crippen LogP contribution is -2.28. The summed E-state index contributed by atoms with van der Waals surface area (Å²) in [6.07, 6.45) is 4.38. The van der Waals surface area contributed by atoms with Crippen molar-refractivity contribution in [1.29, 1.82) is 0 Å². The molecule has 0 amide bonds. The summed E-state index contributed by atoms with van der Waals surface area (Å²) in [5.41, 5.74) is 3.40. The lowest BCUT2D eigenvalue weighted by atomic mass is 9.93. The molecule has 1 aromatic carbocycles. The summed E-state index contributed by atoms with van der Waals surface area (Å²) in [6, 6.07) is 6.07. The highest BCUT2D eigenvalue weighted by atomic mass is 79.9. The van der Waals surface area contributed by atoms with Crippen molar-refractivity contribution in [3.8, 4) is 5.75 Å². The van der Waals surface area contributed by atoms with Gasteiger partial charge in [-0.3, -0.25) is 0 Å². The van der Waals surface area contributed by atoms with Crippen LogP contribution in [-0.4, -0.2) is 5.60 Å². The minimum atomic E-state index is -0.255. The Kier molecular flexibility index (Phi) is 3.17. The summed E-state index contributed by atoms with van der Waals surface area (Å²) in [5.74, 6) is 0.944. The van der Waals surface area contributed by atoms with Crippen molar-refractivity contribution >= 4 is 21.5 Å². The molecule has 2 rings (SSSR count). The Morgan fingerprint density at radius 1 is 1.29 bits per heavy atom. The highest BCUT2D eigenvalue weighted by molar-refractivity contribution is 9.10. The molecule has 0 bridgehead atoms. The van der Waals surface area contributed by atoms with Gasteiger partial charge in [0.15, 0.2) is 0 Å². The van der Waals surface area contributed by atoms with Gasteiger partial charge in [-0.1, -0.05) is 33.6 Å². The van der Waals surface area contributed by atoms with Crippen molar-refractivity contribution in [3.05, 3.63) is 46.0 Å². The molecule has 1 aromatic rings. The zero-order valence-corrected chi connectivity index (χ0v) is 12.3. The predicted molar refractivity (Wildman–Crippen MR) is 76.3 cm³/mol. The first kappa shape index (κ1) is 12.4. The van der Waals surface area contributed by atoms with Crippen molar-refractivity contribution < 1.29 is 4.74 Å². The number of hydrogen-bond donors (Lipinski definition) is 0. The van der Waals surface area contributed by atoms with Gasteiger partial charge in [0.2, 0.25) is 0 Å². The van der Waals surface area contributed by atoms with Crippen LogP contribution < -0.4 is 4.74 Å². The maximum atomic E-state index is 5.98. The molecule has 1 nitrogen and oxygen atoms in total. The van der Waals surface area contributed by atoms with Gasteiger partial charge in [0.25, 0.3) is 0 Å². The standard InChI is InChI=1S/C15H17BrO/c1-10(2)8-11-9-15(3,4)17-13-7-5-6-12(16)14(11)13/h5-9H,1-4H3. The second-order valence-electron chi connectivity index (χ2n) is 5.14. The van der Waals surface area contributed by atoms with Crippen molar-refractivity contribution in [3.63, 3.8) is 0 Å². The Bertz CT molecular complexity index is 506. The van der Waals surface area contributed by atoms with Crippen molar-refractivity contribution in [2.45, 2.75) is 33.3 Å². The van der Waals surface area contributed by atoms with Crippen LogP contribution >= 0.6 is 15.9 Å². The van der Waals surface area contributed by atoms with E-state index < -0.39 is 0 Å². The largest absolute Gasteiger partial charge is 0.483 e. The van der Waals surface area contributed by atoms with E-state index in [1.54, 1.807) is 0 Å². The van der Waals surface area contributed by atoms with Gasteiger partial charge in [0, 0.05) is 10.0 Å². The van der Waals surface area contributed by atoms with Crippen LogP contribution in [0.25, 0.3) is 5.57 Å². The first-order valence-electron chi connectivity index (χ1n) is 5.75. The Hall–Kier alpha value is -1.02. The molecule has 0 saturated carbocycles. The van der Waals surface area contributed by atoms with Crippen molar-refractivity contribution in [1.82, 2.24) is 0 Å². The van der Waals surface area contributed by atoms with E-state index in [0.717, 1.165) is 15.8 Å². The lowest BCUT2D eigenvalue weighted by molar-refractivity contribution is 0.158. The second-order valence-corrected chi connectivity index (χ2v) is 5.99. The van der Waals surface area contributed by atoms with Gasteiger partial charge < -0.3 is 4.74 Å². The molecule has 0 N–H and O–H groups in total. The summed E-state index contributed by atoms with van der Waals surface area (Å²) in [7, 11) is 0. The van der Waals surface area contributed by atoms with Crippen molar-refractivity contribution in [2.24, 2.45) is 0 Å². The van der Waals surface area contributed by atoms with Crippen LogP contribution in [0, 0.1) is 0 Å². The molecule has 2 heteroatoms. The number of ether oxygens (including phenoxy) is 1. The van der Waals surface area contributed by atoms with Crippen LogP contribution in [0.4, 0.5) is 0 Å². The van der Waals surface area contributed by atoms with Gasteiger partial charge in [0.05, 0.1) is 0 Å². The summed E-state index contributed by atoms with van der Waals surface area (Å²) in [4.78, 5) is 0. The Morgan fingerprint density at radius 3 is 2.65 bits per heavy atom. The van der Waals surface area contributed by atoms with E-state index in [4.69, 9.17) is 4.74 Å². The molecule has 0 aromatic heterocycles. The van der Waals surface area contributed by atoms with Gasteiger partial charge in [0.1, 0.15) is 11.4 Å². The zero-order valence-electron chi connectivity index (χ0n) is 10.7. The number of rotatable bonds is 1. The third-order valence-corrected chi connectivity index (χ3v) is 3.25. The van der Waals surface area contributed by atoms with Gasteiger partial charge in [-0.25, -0.2) is 0 Å². The van der Waals surface area contributed by atoms with E-state index >= 15 is 0 Å². The predicted octanol–water partition coefficient (Wildman–Crippen LogP) is 4.97. The quantitative estimate of drug-likeness (QED) is 0.710. The van der Waals surface area contributed by atoms with E-state index in [2.05, 4.69) is 55.8 Å². The Balaban J connectivity index is 2.64. The highest BCUT2D eigenvalue weighted by Crippen LogP contribution is 2.41. The maximum Gasteiger partial charge on any atom is 0.129 e. The summed E-state index contributed by atoms with van der Waals surface area (Å²) >= 11 is 3.60. The van der Waals surface area contributed by atoms with Gasteiger partial charge in [-0.15, -0.1) is 0 Å². The molecule has 0 fully saturated rings. The fourth-order valence-corrected chi connectivity index (χ4v) is 2.63. The molecule has 0 aliphatic carbocycles. The van der Waals surface area contributed by atoms with Gasteiger partial charge in [-0.2, -0.15) is 0 Å². The minimum absolute atomic E-state index is 0.255. The monoisotopic (exact) mass is 292 g/mol.